The molecule has 0 aliphatic carbocycles. The molecule has 0 heterocycles. The summed E-state index contributed by atoms with van der Waals surface area (Å²) in [7, 11) is 0. The van der Waals surface area contributed by atoms with Gasteiger partial charge in [-0.15, -0.1) is 0 Å². The van der Waals surface area contributed by atoms with E-state index >= 15 is 0 Å². The summed E-state index contributed by atoms with van der Waals surface area (Å²) in [5.74, 6) is 0.378. The summed E-state index contributed by atoms with van der Waals surface area (Å²) in [6, 6.07) is 13.8. The molecule has 0 bridgehead atoms. The van der Waals surface area contributed by atoms with Crippen LogP contribution in [0.1, 0.15) is 19.4 Å². The van der Waals surface area contributed by atoms with Gasteiger partial charge in [-0.1, -0.05) is 55.1 Å². The Balaban J connectivity index is 2.02. The zero-order valence-corrected chi connectivity index (χ0v) is 19.1. The highest BCUT2D eigenvalue weighted by Crippen LogP contribution is 2.43. The predicted molar refractivity (Wildman–Crippen MR) is 129 cm³/mol. The third-order valence-electron chi connectivity index (χ3n) is 4.97. The summed E-state index contributed by atoms with van der Waals surface area (Å²) in [6.07, 6.45) is 1.35. The number of carbonyl (C=O) groups is 2. The zero-order valence-electron chi connectivity index (χ0n) is 19.1. The van der Waals surface area contributed by atoms with Crippen LogP contribution in [0.4, 0.5) is 0 Å². The Labute approximate surface area is 193 Å². The van der Waals surface area contributed by atoms with E-state index in [0.717, 1.165) is 39.3 Å². The first-order chi connectivity index (χ1) is 15.8. The molecule has 0 spiro atoms. The number of ether oxygens (including phenoxy) is 4. The molecule has 3 aromatic rings. The van der Waals surface area contributed by atoms with Gasteiger partial charge in [-0.2, -0.15) is 0 Å². The van der Waals surface area contributed by atoms with Gasteiger partial charge < -0.3 is 18.9 Å². The van der Waals surface area contributed by atoms with Gasteiger partial charge in [-0.25, -0.2) is 9.59 Å². The lowest BCUT2D eigenvalue weighted by Gasteiger charge is -2.21. The monoisotopic (exact) mass is 448 g/mol. The number of rotatable bonds is 10. The van der Waals surface area contributed by atoms with E-state index < -0.39 is 24.1 Å². The van der Waals surface area contributed by atoms with E-state index in [1.54, 1.807) is 13.8 Å². The van der Waals surface area contributed by atoms with E-state index in [-0.39, 0.29) is 13.2 Å². The number of hydrogen-bond donors (Lipinski definition) is 0. The summed E-state index contributed by atoms with van der Waals surface area (Å²) in [5.41, 5.74) is 1.06. The van der Waals surface area contributed by atoms with Crippen molar-refractivity contribution in [3.8, 4) is 11.5 Å². The van der Waals surface area contributed by atoms with Crippen molar-refractivity contribution in [3.05, 3.63) is 73.3 Å². The summed E-state index contributed by atoms with van der Waals surface area (Å²) >= 11 is 0. The van der Waals surface area contributed by atoms with E-state index in [1.165, 1.54) is 0 Å². The third kappa shape index (κ3) is 5.71. The van der Waals surface area contributed by atoms with Gasteiger partial charge in [-0.05, 0) is 26.8 Å². The van der Waals surface area contributed by atoms with Crippen molar-refractivity contribution in [2.24, 2.45) is 0 Å². The number of hydrogen-bond acceptors (Lipinski definition) is 6. The molecule has 6 heteroatoms. The van der Waals surface area contributed by atoms with Crippen molar-refractivity contribution >= 4 is 33.5 Å². The maximum Gasteiger partial charge on any atom is 0.330 e. The summed E-state index contributed by atoms with van der Waals surface area (Å²) in [5, 5.41) is 3.47. The Kier molecular flexibility index (Phi) is 7.72. The highest BCUT2D eigenvalue weighted by atomic mass is 16.6. The van der Waals surface area contributed by atoms with Crippen LogP contribution in [0.2, 0.25) is 0 Å². The molecule has 0 saturated heterocycles. The molecule has 33 heavy (non-hydrogen) atoms. The molecule has 172 valence electrons. The zero-order chi connectivity index (χ0) is 24.0. The normalized spacial score (nSPS) is 12.6. The van der Waals surface area contributed by atoms with Crippen LogP contribution >= 0.6 is 0 Å². The molecule has 3 rings (SSSR count). The molecule has 2 unspecified atom stereocenters. The minimum Gasteiger partial charge on any atom is -0.488 e. The van der Waals surface area contributed by atoms with Crippen LogP contribution in [0.3, 0.4) is 0 Å². The molecule has 0 fully saturated rings. The second kappa shape index (κ2) is 10.7. The smallest absolute Gasteiger partial charge is 0.330 e. The van der Waals surface area contributed by atoms with Crippen LogP contribution < -0.4 is 9.47 Å². The molecule has 3 aromatic carbocycles. The highest BCUT2D eigenvalue weighted by Gasteiger charge is 2.19. The Morgan fingerprint density at radius 2 is 1.24 bits per heavy atom. The molecule has 2 atom stereocenters. The Hall–Kier alpha value is -3.80. The van der Waals surface area contributed by atoms with Gasteiger partial charge in [0.1, 0.15) is 36.9 Å². The van der Waals surface area contributed by atoms with Gasteiger partial charge in [0.25, 0.3) is 0 Å². The van der Waals surface area contributed by atoms with Gasteiger partial charge in [0.05, 0.1) is 0 Å². The first-order valence-electron chi connectivity index (χ1n) is 10.7. The van der Waals surface area contributed by atoms with E-state index in [9.17, 15) is 9.59 Å². The molecule has 0 radical (unpaired) electrons. The average Bonchev–Trinajstić information content (AvgIpc) is 2.80. The van der Waals surface area contributed by atoms with Crippen molar-refractivity contribution in [1.82, 2.24) is 0 Å². The first kappa shape index (κ1) is 23.9. The Bertz CT molecular complexity index is 1200. The number of fused-ring (bicyclic) bond motifs is 2. The van der Waals surface area contributed by atoms with Crippen molar-refractivity contribution in [3.63, 3.8) is 0 Å². The SMILES string of the molecule is C=CC(=O)OC(C)COc1c2ccccc2c(OCC(C)OC(=O)C=C)c2cc(C)ccc12. The Morgan fingerprint density at radius 1 is 0.788 bits per heavy atom. The van der Waals surface area contributed by atoms with Crippen LogP contribution in [0.5, 0.6) is 11.5 Å². The molecule has 0 amide bonds. The molecular formula is C27H28O6. The summed E-state index contributed by atoms with van der Waals surface area (Å²) < 4.78 is 22.9. The maximum absolute atomic E-state index is 11.5. The van der Waals surface area contributed by atoms with Crippen LogP contribution in [0.15, 0.2) is 67.8 Å². The number of aryl methyl sites for hydroxylation is 1. The van der Waals surface area contributed by atoms with Crippen molar-refractivity contribution < 1.29 is 28.5 Å². The fraction of sp³-hybridized carbons (Fsp3) is 0.259. The second-order valence-corrected chi connectivity index (χ2v) is 7.78. The minimum absolute atomic E-state index is 0.182. The first-order valence-corrected chi connectivity index (χ1v) is 10.7. The summed E-state index contributed by atoms with van der Waals surface area (Å²) in [6.45, 7) is 12.7. The Morgan fingerprint density at radius 3 is 1.73 bits per heavy atom. The molecule has 6 nitrogen and oxygen atoms in total. The fourth-order valence-corrected chi connectivity index (χ4v) is 3.49. The molecular weight excluding hydrogens is 420 g/mol. The van der Waals surface area contributed by atoms with Gasteiger partial charge in [-0.3, -0.25) is 0 Å². The quantitative estimate of drug-likeness (QED) is 0.238. The molecule has 0 saturated carbocycles. The van der Waals surface area contributed by atoms with E-state index in [2.05, 4.69) is 13.2 Å². The van der Waals surface area contributed by atoms with Crippen LogP contribution in [0.25, 0.3) is 21.5 Å². The average molecular weight is 449 g/mol. The third-order valence-corrected chi connectivity index (χ3v) is 4.97. The van der Waals surface area contributed by atoms with Crippen molar-refractivity contribution in [1.29, 1.82) is 0 Å². The van der Waals surface area contributed by atoms with Gasteiger partial charge in [0, 0.05) is 33.7 Å². The number of esters is 2. The molecule has 0 aliphatic heterocycles. The molecule has 0 N–H and O–H groups in total. The van der Waals surface area contributed by atoms with E-state index in [1.807, 2.05) is 49.4 Å². The standard InChI is InChI=1S/C27H28O6/c1-6-24(28)32-18(4)15-30-26-20-10-8-9-11-21(20)27(23-14-17(3)12-13-22(23)26)31-16-19(5)33-25(29)7-2/h6-14,18-19H,1-2,15-16H2,3-5H3. The number of benzene rings is 3. The van der Waals surface area contributed by atoms with Crippen LogP contribution in [0, 0.1) is 6.92 Å². The summed E-state index contributed by atoms with van der Waals surface area (Å²) in [4.78, 5) is 23.0. The van der Waals surface area contributed by atoms with Gasteiger partial charge in [0.2, 0.25) is 0 Å². The van der Waals surface area contributed by atoms with Crippen LogP contribution in [-0.2, 0) is 19.1 Å². The van der Waals surface area contributed by atoms with Crippen molar-refractivity contribution in [2.45, 2.75) is 33.0 Å². The molecule has 0 aliphatic rings. The lowest BCUT2D eigenvalue weighted by Crippen LogP contribution is -2.21. The second-order valence-electron chi connectivity index (χ2n) is 7.78. The van der Waals surface area contributed by atoms with E-state index in [0.29, 0.717) is 11.5 Å². The maximum atomic E-state index is 11.5. The predicted octanol–water partition coefficient (Wildman–Crippen LogP) is 5.29. The fourth-order valence-electron chi connectivity index (χ4n) is 3.49. The highest BCUT2D eigenvalue weighted by molar-refractivity contribution is 6.11. The minimum atomic E-state index is -0.494. The van der Waals surface area contributed by atoms with Crippen LogP contribution in [-0.4, -0.2) is 37.4 Å². The lowest BCUT2D eigenvalue weighted by atomic mass is 9.99. The number of carbonyl (C=O) groups excluding carboxylic acids is 2. The van der Waals surface area contributed by atoms with E-state index in [4.69, 9.17) is 18.9 Å². The lowest BCUT2D eigenvalue weighted by molar-refractivity contribution is -0.144. The van der Waals surface area contributed by atoms with Crippen molar-refractivity contribution in [2.75, 3.05) is 13.2 Å². The van der Waals surface area contributed by atoms with Gasteiger partial charge >= 0.3 is 11.9 Å². The topological polar surface area (TPSA) is 71.1 Å². The largest absolute Gasteiger partial charge is 0.488 e. The molecule has 0 aromatic heterocycles. The van der Waals surface area contributed by atoms with Gasteiger partial charge in [0.15, 0.2) is 0 Å².